The predicted octanol–water partition coefficient (Wildman–Crippen LogP) is 4.06. The minimum atomic E-state index is -1.08. The second kappa shape index (κ2) is 7.90. The number of pyridine rings is 1. The number of carbonyl (C=O) groups excluding carboxylic acids is 1. The summed E-state index contributed by atoms with van der Waals surface area (Å²) in [5.74, 6) is -0.446. The van der Waals surface area contributed by atoms with E-state index in [1.54, 1.807) is 30.8 Å². The normalized spacial score (nSPS) is 11.4. The average Bonchev–Trinajstić information content (AvgIpc) is 3.11. The summed E-state index contributed by atoms with van der Waals surface area (Å²) in [6, 6.07) is 15.0. The van der Waals surface area contributed by atoms with Crippen molar-refractivity contribution in [3.05, 3.63) is 65.4 Å². The topological polar surface area (TPSA) is 66.2 Å². The standard InChI is InChI=1S/C20H20ClN3O3/c1-20(2,19(25)26-3)27-13-14-12-18(16-9-6-7-11-22-16)24(23-14)17-10-5-4-8-15(17)21/h4-12H,13H2,1-3H3. The molecule has 7 heteroatoms. The molecular weight excluding hydrogens is 366 g/mol. The number of carbonyl (C=O) groups is 1. The number of benzene rings is 1. The number of aromatic nitrogens is 3. The first kappa shape index (κ1) is 19.1. The Morgan fingerprint density at radius 2 is 1.93 bits per heavy atom. The van der Waals surface area contributed by atoms with Crippen LogP contribution in [0.25, 0.3) is 17.1 Å². The third-order valence-electron chi connectivity index (χ3n) is 4.03. The molecule has 140 valence electrons. The van der Waals surface area contributed by atoms with Crippen molar-refractivity contribution in [1.82, 2.24) is 14.8 Å². The molecule has 1 aromatic carbocycles. The van der Waals surface area contributed by atoms with Crippen LogP contribution in [0.5, 0.6) is 0 Å². The molecule has 3 rings (SSSR count). The molecular formula is C20H20ClN3O3. The van der Waals surface area contributed by atoms with E-state index in [0.717, 1.165) is 17.1 Å². The summed E-state index contributed by atoms with van der Waals surface area (Å²) in [6.45, 7) is 3.45. The number of para-hydroxylation sites is 1. The van der Waals surface area contributed by atoms with Crippen molar-refractivity contribution in [2.45, 2.75) is 26.1 Å². The van der Waals surface area contributed by atoms with E-state index in [-0.39, 0.29) is 6.61 Å². The van der Waals surface area contributed by atoms with Gasteiger partial charge in [0, 0.05) is 6.20 Å². The van der Waals surface area contributed by atoms with Crippen molar-refractivity contribution in [3.8, 4) is 17.1 Å². The van der Waals surface area contributed by atoms with E-state index >= 15 is 0 Å². The van der Waals surface area contributed by atoms with Crippen LogP contribution in [0.15, 0.2) is 54.7 Å². The Balaban J connectivity index is 1.98. The van der Waals surface area contributed by atoms with E-state index in [1.807, 2.05) is 42.5 Å². The van der Waals surface area contributed by atoms with Crippen LogP contribution in [0.4, 0.5) is 0 Å². The maximum absolute atomic E-state index is 11.8. The van der Waals surface area contributed by atoms with E-state index in [9.17, 15) is 4.79 Å². The Kier molecular flexibility index (Phi) is 5.58. The highest BCUT2D eigenvalue weighted by Gasteiger charge is 2.30. The molecule has 0 amide bonds. The number of esters is 1. The van der Waals surface area contributed by atoms with E-state index in [0.29, 0.717) is 10.7 Å². The van der Waals surface area contributed by atoms with Crippen LogP contribution in [0, 0.1) is 0 Å². The van der Waals surface area contributed by atoms with Gasteiger partial charge in [0.2, 0.25) is 0 Å². The van der Waals surface area contributed by atoms with Gasteiger partial charge in [-0.1, -0.05) is 29.8 Å². The van der Waals surface area contributed by atoms with Crippen molar-refractivity contribution in [3.63, 3.8) is 0 Å². The zero-order chi connectivity index (χ0) is 19.4. The van der Waals surface area contributed by atoms with Gasteiger partial charge in [-0.25, -0.2) is 9.48 Å². The summed E-state index contributed by atoms with van der Waals surface area (Å²) in [7, 11) is 1.33. The van der Waals surface area contributed by atoms with Gasteiger partial charge in [-0.2, -0.15) is 5.10 Å². The molecule has 0 fully saturated rings. The van der Waals surface area contributed by atoms with Gasteiger partial charge in [-0.05, 0) is 44.2 Å². The Morgan fingerprint density at radius 1 is 1.19 bits per heavy atom. The lowest BCUT2D eigenvalue weighted by Crippen LogP contribution is -2.35. The lowest BCUT2D eigenvalue weighted by molar-refractivity contribution is -0.166. The third-order valence-corrected chi connectivity index (χ3v) is 4.35. The highest BCUT2D eigenvalue weighted by Crippen LogP contribution is 2.27. The molecule has 2 aromatic heterocycles. The highest BCUT2D eigenvalue weighted by molar-refractivity contribution is 6.32. The molecule has 0 aliphatic heterocycles. The fourth-order valence-corrected chi connectivity index (χ4v) is 2.78. The van der Waals surface area contributed by atoms with Gasteiger partial charge in [0.15, 0.2) is 5.60 Å². The number of rotatable bonds is 6. The summed E-state index contributed by atoms with van der Waals surface area (Å²) in [5.41, 5.74) is 1.83. The van der Waals surface area contributed by atoms with Gasteiger partial charge < -0.3 is 9.47 Å². The van der Waals surface area contributed by atoms with Gasteiger partial charge in [0.05, 0.1) is 41.5 Å². The summed E-state index contributed by atoms with van der Waals surface area (Å²) in [5, 5.41) is 5.19. The summed E-state index contributed by atoms with van der Waals surface area (Å²) < 4.78 is 12.2. The summed E-state index contributed by atoms with van der Waals surface area (Å²) in [6.07, 6.45) is 1.72. The molecule has 6 nitrogen and oxygen atoms in total. The van der Waals surface area contributed by atoms with Crippen LogP contribution in [0.2, 0.25) is 5.02 Å². The van der Waals surface area contributed by atoms with Crippen molar-refractivity contribution >= 4 is 17.6 Å². The summed E-state index contributed by atoms with van der Waals surface area (Å²) >= 11 is 6.36. The molecule has 0 radical (unpaired) electrons. The maximum Gasteiger partial charge on any atom is 0.337 e. The van der Waals surface area contributed by atoms with E-state index in [1.165, 1.54) is 7.11 Å². The van der Waals surface area contributed by atoms with Crippen molar-refractivity contribution in [1.29, 1.82) is 0 Å². The zero-order valence-corrected chi connectivity index (χ0v) is 16.1. The average molecular weight is 386 g/mol. The molecule has 27 heavy (non-hydrogen) atoms. The predicted molar refractivity (Wildman–Crippen MR) is 103 cm³/mol. The van der Waals surface area contributed by atoms with Gasteiger partial charge in [-0.15, -0.1) is 0 Å². The van der Waals surface area contributed by atoms with E-state index < -0.39 is 11.6 Å². The quantitative estimate of drug-likeness (QED) is 0.599. The van der Waals surface area contributed by atoms with Gasteiger partial charge in [0.1, 0.15) is 0 Å². The number of ether oxygens (including phenoxy) is 2. The second-order valence-corrected chi connectivity index (χ2v) is 6.80. The molecule has 0 aliphatic rings. The minimum absolute atomic E-state index is 0.138. The Hall–Kier alpha value is -2.70. The number of nitrogens with zero attached hydrogens (tertiary/aromatic N) is 3. The monoisotopic (exact) mass is 385 g/mol. The fourth-order valence-electron chi connectivity index (χ4n) is 2.56. The van der Waals surface area contributed by atoms with Crippen LogP contribution in [-0.2, 0) is 20.9 Å². The summed E-state index contributed by atoms with van der Waals surface area (Å²) in [4.78, 5) is 16.2. The lowest BCUT2D eigenvalue weighted by Gasteiger charge is -2.21. The van der Waals surface area contributed by atoms with Crippen LogP contribution in [-0.4, -0.2) is 33.4 Å². The zero-order valence-electron chi connectivity index (χ0n) is 15.3. The Bertz CT molecular complexity index is 939. The third kappa shape index (κ3) is 4.18. The molecule has 2 heterocycles. The van der Waals surface area contributed by atoms with Crippen LogP contribution >= 0.6 is 11.6 Å². The van der Waals surface area contributed by atoms with Gasteiger partial charge in [0.25, 0.3) is 0 Å². The smallest absolute Gasteiger partial charge is 0.337 e. The van der Waals surface area contributed by atoms with E-state index in [2.05, 4.69) is 10.1 Å². The van der Waals surface area contributed by atoms with Crippen LogP contribution in [0.1, 0.15) is 19.5 Å². The number of hydrogen-bond donors (Lipinski definition) is 0. The Morgan fingerprint density at radius 3 is 2.59 bits per heavy atom. The molecule has 0 unspecified atom stereocenters. The Labute approximate surface area is 162 Å². The molecule has 0 saturated heterocycles. The molecule has 3 aromatic rings. The van der Waals surface area contributed by atoms with Crippen molar-refractivity contribution < 1.29 is 14.3 Å². The molecule has 0 N–H and O–H groups in total. The highest BCUT2D eigenvalue weighted by atomic mass is 35.5. The number of hydrogen-bond acceptors (Lipinski definition) is 5. The number of methoxy groups -OCH3 is 1. The first-order chi connectivity index (χ1) is 12.9. The first-order valence-corrected chi connectivity index (χ1v) is 8.78. The largest absolute Gasteiger partial charge is 0.467 e. The lowest BCUT2D eigenvalue weighted by atomic mass is 10.1. The molecule has 0 saturated carbocycles. The van der Waals surface area contributed by atoms with Crippen LogP contribution < -0.4 is 0 Å². The van der Waals surface area contributed by atoms with Crippen molar-refractivity contribution in [2.24, 2.45) is 0 Å². The van der Waals surface area contributed by atoms with Gasteiger partial charge >= 0.3 is 5.97 Å². The first-order valence-electron chi connectivity index (χ1n) is 8.40. The molecule has 0 atom stereocenters. The minimum Gasteiger partial charge on any atom is -0.467 e. The molecule has 0 aliphatic carbocycles. The molecule has 0 bridgehead atoms. The maximum atomic E-state index is 11.8. The fraction of sp³-hybridized carbons (Fsp3) is 0.250. The van der Waals surface area contributed by atoms with Crippen LogP contribution in [0.3, 0.4) is 0 Å². The van der Waals surface area contributed by atoms with E-state index in [4.69, 9.17) is 21.1 Å². The van der Waals surface area contributed by atoms with Crippen molar-refractivity contribution in [2.75, 3.05) is 7.11 Å². The second-order valence-electron chi connectivity index (χ2n) is 6.39. The number of halogens is 1. The van der Waals surface area contributed by atoms with Gasteiger partial charge in [-0.3, -0.25) is 4.98 Å². The molecule has 0 spiro atoms. The SMILES string of the molecule is COC(=O)C(C)(C)OCc1cc(-c2ccccn2)n(-c2ccccc2Cl)n1.